The van der Waals surface area contributed by atoms with E-state index in [0.717, 1.165) is 19.3 Å². The lowest BCUT2D eigenvalue weighted by Gasteiger charge is -2.38. The number of hydrogen-bond donors (Lipinski definition) is 1. The number of anilines is 2. The number of piperidine rings is 1. The van der Waals surface area contributed by atoms with Gasteiger partial charge in [0, 0.05) is 24.2 Å². The number of ether oxygens (including phenoxy) is 1. The topological polar surface area (TPSA) is 105 Å². The van der Waals surface area contributed by atoms with Crippen molar-refractivity contribution in [1.29, 1.82) is 0 Å². The van der Waals surface area contributed by atoms with Crippen LogP contribution >= 0.6 is 11.6 Å². The zero-order valence-electron chi connectivity index (χ0n) is 17.3. The van der Waals surface area contributed by atoms with Crippen molar-refractivity contribution >= 4 is 40.5 Å². The molecule has 1 N–H and O–H groups in total. The summed E-state index contributed by atoms with van der Waals surface area (Å²) in [6, 6.07) is 11.3. The van der Waals surface area contributed by atoms with Crippen molar-refractivity contribution in [3.8, 4) is 5.75 Å². The van der Waals surface area contributed by atoms with Gasteiger partial charge in [0.05, 0.1) is 23.7 Å². The lowest BCUT2D eigenvalue weighted by atomic mass is 10.1. The normalized spacial score (nSPS) is 17.8. The summed E-state index contributed by atoms with van der Waals surface area (Å²) in [5.41, 5.74) is 0.467. The second kappa shape index (κ2) is 9.44. The summed E-state index contributed by atoms with van der Waals surface area (Å²) in [6.07, 6.45) is 2.34. The molecule has 4 rings (SSSR count). The van der Waals surface area contributed by atoms with Crippen molar-refractivity contribution in [2.45, 2.75) is 25.4 Å². The van der Waals surface area contributed by atoms with E-state index in [1.807, 2.05) is 23.1 Å². The van der Waals surface area contributed by atoms with E-state index in [0.29, 0.717) is 24.5 Å². The molecular weight excluding hydrogens is 436 g/mol. The predicted molar refractivity (Wildman–Crippen MR) is 120 cm³/mol. The minimum atomic E-state index is -0.722. The molecule has 2 aromatic rings. The second-order valence-electron chi connectivity index (χ2n) is 7.81. The van der Waals surface area contributed by atoms with Crippen LogP contribution in [-0.4, -0.2) is 53.9 Å². The summed E-state index contributed by atoms with van der Waals surface area (Å²) >= 11 is 5.84. The Balaban J connectivity index is 1.51. The largest absolute Gasteiger partial charge is 0.477 e. The number of halogens is 1. The summed E-state index contributed by atoms with van der Waals surface area (Å²) in [5.74, 6) is -0.00590. The molecule has 9 nitrogen and oxygen atoms in total. The Labute approximate surface area is 190 Å². The van der Waals surface area contributed by atoms with Crippen molar-refractivity contribution < 1.29 is 19.2 Å². The maximum Gasteiger partial charge on any atom is 0.294 e. The van der Waals surface area contributed by atoms with E-state index in [2.05, 4.69) is 5.32 Å². The van der Waals surface area contributed by atoms with Crippen LogP contribution in [0, 0.1) is 10.1 Å². The number of carbonyl (C=O) groups excluding carboxylic acids is 2. The quantitative estimate of drug-likeness (QED) is 0.543. The molecule has 2 amide bonds. The highest BCUT2D eigenvalue weighted by molar-refractivity contribution is 6.31. The van der Waals surface area contributed by atoms with Crippen LogP contribution < -0.4 is 15.0 Å². The molecule has 2 aliphatic rings. The van der Waals surface area contributed by atoms with Gasteiger partial charge >= 0.3 is 0 Å². The number of nitrogens with one attached hydrogen (secondary N) is 1. The molecule has 1 saturated heterocycles. The van der Waals surface area contributed by atoms with E-state index < -0.39 is 16.9 Å². The summed E-state index contributed by atoms with van der Waals surface area (Å²) in [5, 5.41) is 14.1. The van der Waals surface area contributed by atoms with Crippen molar-refractivity contribution in [2.75, 3.05) is 36.4 Å². The van der Waals surface area contributed by atoms with Gasteiger partial charge in [-0.3, -0.25) is 19.7 Å². The molecule has 2 aromatic carbocycles. The third-order valence-electron chi connectivity index (χ3n) is 5.57. The Morgan fingerprint density at radius 1 is 1.16 bits per heavy atom. The number of rotatable bonds is 5. The molecule has 0 saturated carbocycles. The van der Waals surface area contributed by atoms with Crippen LogP contribution in [0.2, 0.25) is 5.02 Å². The zero-order valence-corrected chi connectivity index (χ0v) is 18.1. The first kappa shape index (κ1) is 21.9. The highest BCUT2D eigenvalue weighted by Gasteiger charge is 2.34. The number of amides is 2. The van der Waals surface area contributed by atoms with Gasteiger partial charge in [0.15, 0.2) is 6.10 Å². The van der Waals surface area contributed by atoms with E-state index in [1.165, 1.54) is 18.2 Å². The lowest BCUT2D eigenvalue weighted by Crippen LogP contribution is -2.52. The van der Waals surface area contributed by atoms with Crippen LogP contribution in [0.25, 0.3) is 0 Å². The molecule has 168 valence electrons. The van der Waals surface area contributed by atoms with Crippen molar-refractivity contribution in [3.63, 3.8) is 0 Å². The first-order chi connectivity index (χ1) is 15.4. The summed E-state index contributed by atoms with van der Waals surface area (Å²) in [7, 11) is 0. The Kier molecular flexibility index (Phi) is 6.45. The van der Waals surface area contributed by atoms with Crippen molar-refractivity contribution in [2.24, 2.45) is 0 Å². The van der Waals surface area contributed by atoms with Gasteiger partial charge in [-0.05, 0) is 43.5 Å². The molecule has 1 unspecified atom stereocenters. The fourth-order valence-electron chi connectivity index (χ4n) is 4.03. The molecule has 1 fully saturated rings. The molecule has 2 aliphatic heterocycles. The highest BCUT2D eigenvalue weighted by atomic mass is 35.5. The SMILES string of the molecule is O=C(CN1CC(C(=O)N2CCCCC2)Oc2ccccc21)Nc1ccc(Cl)cc1[N+](=O)[O-]. The summed E-state index contributed by atoms with van der Waals surface area (Å²) in [6.45, 7) is 1.54. The molecule has 0 radical (unpaired) electrons. The summed E-state index contributed by atoms with van der Waals surface area (Å²) < 4.78 is 5.97. The van der Waals surface area contributed by atoms with Crippen molar-refractivity contribution in [1.82, 2.24) is 4.90 Å². The molecule has 0 spiro atoms. The molecule has 2 heterocycles. The van der Waals surface area contributed by atoms with Gasteiger partial charge in [0.25, 0.3) is 11.6 Å². The molecule has 10 heteroatoms. The van der Waals surface area contributed by atoms with Crippen LogP contribution in [0.15, 0.2) is 42.5 Å². The Bertz CT molecular complexity index is 1040. The van der Waals surface area contributed by atoms with Crippen molar-refractivity contribution in [3.05, 3.63) is 57.6 Å². The van der Waals surface area contributed by atoms with Gasteiger partial charge in [-0.1, -0.05) is 23.7 Å². The van der Waals surface area contributed by atoms with E-state index in [1.54, 1.807) is 11.0 Å². The number of benzene rings is 2. The maximum atomic E-state index is 13.0. The first-order valence-electron chi connectivity index (χ1n) is 10.5. The third kappa shape index (κ3) is 4.77. The fraction of sp³-hybridized carbons (Fsp3) is 0.364. The Morgan fingerprint density at radius 3 is 2.66 bits per heavy atom. The average Bonchev–Trinajstić information content (AvgIpc) is 2.80. The van der Waals surface area contributed by atoms with Crippen LogP contribution in [0.4, 0.5) is 17.1 Å². The van der Waals surface area contributed by atoms with E-state index in [4.69, 9.17) is 16.3 Å². The molecular formula is C22H23ClN4O5. The number of nitro benzene ring substituents is 1. The third-order valence-corrected chi connectivity index (χ3v) is 5.80. The van der Waals surface area contributed by atoms with E-state index in [9.17, 15) is 19.7 Å². The molecule has 0 aliphatic carbocycles. The van der Waals surface area contributed by atoms with Gasteiger partial charge in [-0.2, -0.15) is 0 Å². The van der Waals surface area contributed by atoms with Gasteiger partial charge in [-0.15, -0.1) is 0 Å². The van der Waals surface area contributed by atoms with Crippen LogP contribution in [0.3, 0.4) is 0 Å². The molecule has 32 heavy (non-hydrogen) atoms. The summed E-state index contributed by atoms with van der Waals surface area (Å²) in [4.78, 5) is 40.1. The van der Waals surface area contributed by atoms with Crippen LogP contribution in [-0.2, 0) is 9.59 Å². The highest BCUT2D eigenvalue weighted by Crippen LogP contribution is 2.34. The Morgan fingerprint density at radius 2 is 1.91 bits per heavy atom. The number of fused-ring (bicyclic) bond motifs is 1. The number of nitro groups is 1. The monoisotopic (exact) mass is 458 g/mol. The van der Waals surface area contributed by atoms with Crippen LogP contribution in [0.5, 0.6) is 5.75 Å². The standard InChI is InChI=1S/C22H23ClN4O5/c23-15-8-9-16(18(12-15)27(30)31)24-21(28)14-26-13-20(22(29)25-10-4-1-5-11-25)32-19-7-3-2-6-17(19)26/h2-3,6-9,12,20H,1,4-5,10-11,13-14H2,(H,24,28). The van der Waals surface area contributed by atoms with Gasteiger partial charge in [-0.25, -0.2) is 0 Å². The average molecular weight is 459 g/mol. The number of likely N-dealkylation sites (tertiary alicyclic amines) is 1. The molecule has 1 atom stereocenters. The fourth-order valence-corrected chi connectivity index (χ4v) is 4.19. The number of nitrogens with zero attached hydrogens (tertiary/aromatic N) is 3. The second-order valence-corrected chi connectivity index (χ2v) is 8.24. The van der Waals surface area contributed by atoms with Gasteiger partial charge in [0.1, 0.15) is 11.4 Å². The van der Waals surface area contributed by atoms with Crippen LogP contribution in [0.1, 0.15) is 19.3 Å². The van der Waals surface area contributed by atoms with Gasteiger partial charge < -0.3 is 19.9 Å². The van der Waals surface area contributed by atoms with E-state index in [-0.39, 0.29) is 35.4 Å². The molecule has 0 aromatic heterocycles. The predicted octanol–water partition coefficient (Wildman–Crippen LogP) is 3.47. The lowest BCUT2D eigenvalue weighted by molar-refractivity contribution is -0.383. The minimum Gasteiger partial charge on any atom is -0.477 e. The zero-order chi connectivity index (χ0) is 22.7. The minimum absolute atomic E-state index is 0.0619. The number of carbonyl (C=O) groups is 2. The number of hydrogen-bond acceptors (Lipinski definition) is 6. The van der Waals surface area contributed by atoms with Gasteiger partial charge in [0.2, 0.25) is 5.91 Å². The first-order valence-corrected chi connectivity index (χ1v) is 10.8. The Hall–Kier alpha value is -3.33. The molecule has 0 bridgehead atoms. The van der Waals surface area contributed by atoms with E-state index >= 15 is 0 Å². The smallest absolute Gasteiger partial charge is 0.294 e. The number of para-hydroxylation sites is 2. The maximum absolute atomic E-state index is 13.0.